The second kappa shape index (κ2) is 15.1. The van der Waals surface area contributed by atoms with Gasteiger partial charge in [0, 0.05) is 50.3 Å². The predicted molar refractivity (Wildman–Crippen MR) is 158 cm³/mol. The van der Waals surface area contributed by atoms with E-state index in [1.54, 1.807) is 31.3 Å². The maximum absolute atomic E-state index is 13.6. The Labute approximate surface area is 244 Å². The molecule has 41 heavy (non-hydrogen) atoms. The molecule has 9 nitrogen and oxygen atoms in total. The maximum atomic E-state index is 13.6. The van der Waals surface area contributed by atoms with Crippen molar-refractivity contribution in [2.45, 2.75) is 65.3 Å². The Morgan fingerprint density at radius 2 is 1.76 bits per heavy atom. The summed E-state index contributed by atoms with van der Waals surface area (Å²) in [5.41, 5.74) is 1.77. The van der Waals surface area contributed by atoms with Crippen LogP contribution in [0.3, 0.4) is 0 Å². The highest BCUT2D eigenvalue weighted by Crippen LogP contribution is 2.38. The molecular weight excluding hydrogens is 524 g/mol. The second-order valence-electron chi connectivity index (χ2n) is 11.6. The molecular formula is C32H46N2O7. The van der Waals surface area contributed by atoms with E-state index < -0.39 is 5.60 Å². The topological polar surface area (TPSA) is 95.6 Å². The zero-order chi connectivity index (χ0) is 30.0. The maximum Gasteiger partial charge on any atom is 0.410 e. The Kier molecular flexibility index (Phi) is 11.8. The van der Waals surface area contributed by atoms with Crippen LogP contribution in [0.4, 0.5) is 4.79 Å². The van der Waals surface area contributed by atoms with Crippen molar-refractivity contribution in [3.63, 3.8) is 0 Å². The monoisotopic (exact) mass is 570 g/mol. The molecule has 0 aromatic heterocycles. The van der Waals surface area contributed by atoms with Gasteiger partial charge in [0.25, 0.3) is 5.91 Å². The first-order valence-corrected chi connectivity index (χ1v) is 14.3. The van der Waals surface area contributed by atoms with Crippen molar-refractivity contribution in [3.05, 3.63) is 59.2 Å². The number of hydrogen-bond acceptors (Lipinski definition) is 7. The highest BCUT2D eigenvalue weighted by atomic mass is 16.6. The van der Waals surface area contributed by atoms with E-state index in [0.29, 0.717) is 62.9 Å². The van der Waals surface area contributed by atoms with Crippen molar-refractivity contribution < 1.29 is 33.3 Å². The van der Waals surface area contributed by atoms with Gasteiger partial charge in [0.05, 0.1) is 33.0 Å². The van der Waals surface area contributed by atoms with Crippen molar-refractivity contribution in [3.8, 4) is 11.5 Å². The molecule has 1 N–H and O–H groups in total. The van der Waals surface area contributed by atoms with Gasteiger partial charge >= 0.3 is 6.09 Å². The molecule has 2 atom stereocenters. The summed E-state index contributed by atoms with van der Waals surface area (Å²) in [4.78, 5) is 28.1. The standard InChI is InChI=1S/C32H46N2O7/c1-22(2)28-25(14-15-26(38-7)29(28)39-17-11-16-37-6)30(35)33-18-24-19-34(31(36)41-32(3,4)5)20-27(24)40-21-23-12-9-8-10-13-23/h8-10,12-15,22,24,27H,11,16-21H2,1-7H3,(H,33,35)/t24-,27-/m1/s1. The minimum absolute atomic E-state index is 0.0133. The summed E-state index contributed by atoms with van der Waals surface area (Å²) in [6.07, 6.45) is 0.0728. The highest BCUT2D eigenvalue weighted by Gasteiger charge is 2.38. The molecule has 0 spiro atoms. The van der Waals surface area contributed by atoms with Crippen molar-refractivity contribution in [2.24, 2.45) is 5.92 Å². The van der Waals surface area contributed by atoms with Crippen LogP contribution in [0.5, 0.6) is 11.5 Å². The quantitative estimate of drug-likeness (QED) is 0.322. The summed E-state index contributed by atoms with van der Waals surface area (Å²) in [7, 11) is 3.24. The number of carbonyl (C=O) groups excluding carboxylic acids is 2. The van der Waals surface area contributed by atoms with Crippen LogP contribution in [-0.2, 0) is 20.8 Å². The average molecular weight is 571 g/mol. The molecule has 0 aliphatic carbocycles. The van der Waals surface area contributed by atoms with Crippen LogP contribution < -0.4 is 14.8 Å². The molecule has 0 bridgehead atoms. The van der Waals surface area contributed by atoms with Crippen LogP contribution >= 0.6 is 0 Å². The Bertz CT molecular complexity index is 1130. The summed E-state index contributed by atoms with van der Waals surface area (Å²) >= 11 is 0. The van der Waals surface area contributed by atoms with E-state index in [1.165, 1.54) is 0 Å². The first-order chi connectivity index (χ1) is 19.5. The Morgan fingerprint density at radius 3 is 2.39 bits per heavy atom. The van der Waals surface area contributed by atoms with E-state index in [1.807, 2.05) is 65.0 Å². The third-order valence-electron chi connectivity index (χ3n) is 6.81. The SMILES string of the molecule is COCCCOc1c(OC)ccc(C(=O)NC[C@@H]2CN(C(=O)OC(C)(C)C)C[C@H]2OCc2ccccc2)c1C(C)C. The molecule has 1 heterocycles. The number of nitrogens with zero attached hydrogens (tertiary/aromatic N) is 1. The van der Waals surface area contributed by atoms with Gasteiger partial charge < -0.3 is 33.9 Å². The second-order valence-corrected chi connectivity index (χ2v) is 11.6. The van der Waals surface area contributed by atoms with Crippen LogP contribution in [0.15, 0.2) is 42.5 Å². The van der Waals surface area contributed by atoms with Crippen molar-refractivity contribution >= 4 is 12.0 Å². The van der Waals surface area contributed by atoms with Crippen molar-refractivity contribution in [1.29, 1.82) is 0 Å². The fourth-order valence-corrected chi connectivity index (χ4v) is 4.84. The molecule has 1 fully saturated rings. The third-order valence-corrected chi connectivity index (χ3v) is 6.81. The number of likely N-dealkylation sites (tertiary alicyclic amines) is 1. The van der Waals surface area contributed by atoms with Gasteiger partial charge in [0.2, 0.25) is 0 Å². The number of carbonyl (C=O) groups is 2. The molecule has 1 saturated heterocycles. The zero-order valence-corrected chi connectivity index (χ0v) is 25.5. The van der Waals surface area contributed by atoms with Gasteiger partial charge in [-0.2, -0.15) is 0 Å². The van der Waals surface area contributed by atoms with Gasteiger partial charge in [-0.25, -0.2) is 4.79 Å². The molecule has 0 radical (unpaired) electrons. The molecule has 9 heteroatoms. The molecule has 0 saturated carbocycles. The average Bonchev–Trinajstić information content (AvgIpc) is 3.35. The summed E-state index contributed by atoms with van der Waals surface area (Å²) in [5.74, 6) is 0.851. The van der Waals surface area contributed by atoms with Crippen LogP contribution in [-0.4, -0.2) is 75.7 Å². The smallest absolute Gasteiger partial charge is 0.410 e. The number of nitrogens with one attached hydrogen (secondary N) is 1. The first-order valence-electron chi connectivity index (χ1n) is 14.3. The number of amides is 2. The molecule has 2 aromatic carbocycles. The van der Waals surface area contributed by atoms with Crippen LogP contribution in [0.2, 0.25) is 0 Å². The number of hydrogen-bond donors (Lipinski definition) is 1. The Morgan fingerprint density at radius 1 is 1.02 bits per heavy atom. The van der Waals surface area contributed by atoms with Crippen LogP contribution in [0.25, 0.3) is 0 Å². The lowest BCUT2D eigenvalue weighted by Crippen LogP contribution is -2.37. The lowest BCUT2D eigenvalue weighted by molar-refractivity contribution is 0.0123. The van der Waals surface area contributed by atoms with Crippen LogP contribution in [0.1, 0.15) is 68.4 Å². The van der Waals surface area contributed by atoms with E-state index in [4.69, 9.17) is 23.7 Å². The number of methoxy groups -OCH3 is 2. The van der Waals surface area contributed by atoms with E-state index in [2.05, 4.69) is 5.32 Å². The Hall–Kier alpha value is -3.30. The van der Waals surface area contributed by atoms with Gasteiger partial charge in [-0.1, -0.05) is 44.2 Å². The summed E-state index contributed by atoms with van der Waals surface area (Å²) in [5, 5.41) is 3.10. The van der Waals surface area contributed by atoms with Crippen molar-refractivity contribution in [1.82, 2.24) is 10.2 Å². The largest absolute Gasteiger partial charge is 0.493 e. The molecule has 1 aliphatic rings. The molecule has 226 valence electrons. The fourth-order valence-electron chi connectivity index (χ4n) is 4.84. The third kappa shape index (κ3) is 9.36. The molecule has 2 aromatic rings. The van der Waals surface area contributed by atoms with E-state index in [9.17, 15) is 9.59 Å². The molecule has 0 unspecified atom stereocenters. The zero-order valence-electron chi connectivity index (χ0n) is 25.5. The van der Waals surface area contributed by atoms with E-state index >= 15 is 0 Å². The minimum atomic E-state index is -0.602. The van der Waals surface area contributed by atoms with Gasteiger partial charge in [-0.15, -0.1) is 0 Å². The van der Waals surface area contributed by atoms with E-state index in [0.717, 1.165) is 11.1 Å². The highest BCUT2D eigenvalue weighted by molar-refractivity contribution is 5.97. The molecule has 3 rings (SSSR count). The van der Waals surface area contributed by atoms with Crippen molar-refractivity contribution in [2.75, 3.05) is 47.1 Å². The van der Waals surface area contributed by atoms with Gasteiger partial charge in [0.15, 0.2) is 11.5 Å². The Balaban J connectivity index is 1.76. The summed E-state index contributed by atoms with van der Waals surface area (Å²) < 4.78 is 28.7. The first kappa shape index (κ1) is 32.2. The van der Waals surface area contributed by atoms with Gasteiger partial charge in [0.1, 0.15) is 5.60 Å². The molecule has 2 amide bonds. The molecule has 1 aliphatic heterocycles. The number of ether oxygens (including phenoxy) is 5. The number of rotatable bonds is 13. The lowest BCUT2D eigenvalue weighted by atomic mass is 9.94. The van der Waals surface area contributed by atoms with Gasteiger partial charge in [-0.3, -0.25) is 4.79 Å². The normalized spacial score (nSPS) is 17.0. The van der Waals surface area contributed by atoms with Crippen LogP contribution in [0, 0.1) is 5.92 Å². The summed E-state index contributed by atoms with van der Waals surface area (Å²) in [6, 6.07) is 13.4. The van der Waals surface area contributed by atoms with E-state index in [-0.39, 0.29) is 29.9 Å². The number of benzene rings is 2. The predicted octanol–water partition coefficient (Wildman–Crippen LogP) is 5.42. The fraction of sp³-hybridized carbons (Fsp3) is 0.562. The lowest BCUT2D eigenvalue weighted by Gasteiger charge is -2.24. The summed E-state index contributed by atoms with van der Waals surface area (Å²) in [6.45, 7) is 12.2. The minimum Gasteiger partial charge on any atom is -0.493 e. The van der Waals surface area contributed by atoms with Gasteiger partial charge in [-0.05, 0) is 44.4 Å².